The average Bonchev–Trinajstić information content (AvgIpc) is 2.62. The average molecular weight is 358 g/mol. The van der Waals surface area contributed by atoms with E-state index in [9.17, 15) is 4.79 Å². The summed E-state index contributed by atoms with van der Waals surface area (Å²) in [5, 5.41) is 3.91. The molecule has 0 aromatic heterocycles. The maximum absolute atomic E-state index is 12.2. The van der Waals surface area contributed by atoms with Gasteiger partial charge in [-0.1, -0.05) is 35.9 Å². The molecule has 132 valence electrons. The molecule has 1 amide bonds. The van der Waals surface area contributed by atoms with Crippen LogP contribution in [0.1, 0.15) is 48.4 Å². The van der Waals surface area contributed by atoms with Gasteiger partial charge in [0.1, 0.15) is 5.75 Å². The van der Waals surface area contributed by atoms with Gasteiger partial charge in [0.15, 0.2) is 0 Å². The van der Waals surface area contributed by atoms with Crippen molar-refractivity contribution < 1.29 is 9.53 Å². The number of benzene rings is 2. The second-order valence-electron chi connectivity index (χ2n) is 6.57. The summed E-state index contributed by atoms with van der Waals surface area (Å²) in [7, 11) is 0. The van der Waals surface area contributed by atoms with Crippen LogP contribution >= 0.6 is 11.6 Å². The van der Waals surface area contributed by atoms with Gasteiger partial charge in [0.2, 0.25) is 5.91 Å². The van der Waals surface area contributed by atoms with E-state index >= 15 is 0 Å². The lowest BCUT2D eigenvalue weighted by Crippen LogP contribution is -2.31. The Morgan fingerprint density at radius 3 is 2.96 bits per heavy atom. The zero-order valence-electron chi connectivity index (χ0n) is 14.6. The SMILES string of the molecule is Cc1cc(OCCCC(=O)N[C@@H]2CCCc3ccccc32)ccc1Cl. The van der Waals surface area contributed by atoms with E-state index in [0.29, 0.717) is 19.4 Å². The molecule has 1 N–H and O–H groups in total. The fourth-order valence-electron chi connectivity index (χ4n) is 3.30. The van der Waals surface area contributed by atoms with Gasteiger partial charge in [0, 0.05) is 11.4 Å². The van der Waals surface area contributed by atoms with Crippen LogP contribution in [0.3, 0.4) is 0 Å². The summed E-state index contributed by atoms with van der Waals surface area (Å²) < 4.78 is 5.70. The molecule has 3 nitrogen and oxygen atoms in total. The number of amides is 1. The van der Waals surface area contributed by atoms with Gasteiger partial charge < -0.3 is 10.1 Å². The highest BCUT2D eigenvalue weighted by molar-refractivity contribution is 6.31. The summed E-state index contributed by atoms with van der Waals surface area (Å²) in [5.74, 6) is 0.890. The molecule has 0 spiro atoms. The van der Waals surface area contributed by atoms with Crippen LogP contribution in [0.5, 0.6) is 5.75 Å². The summed E-state index contributed by atoms with van der Waals surface area (Å²) in [5.41, 5.74) is 3.63. The van der Waals surface area contributed by atoms with Crippen LogP contribution in [-0.2, 0) is 11.2 Å². The first-order valence-electron chi connectivity index (χ1n) is 8.89. The third-order valence-corrected chi connectivity index (χ3v) is 5.08. The number of hydrogen-bond acceptors (Lipinski definition) is 2. The van der Waals surface area contributed by atoms with Crippen LogP contribution in [0.25, 0.3) is 0 Å². The van der Waals surface area contributed by atoms with Gasteiger partial charge in [-0.25, -0.2) is 0 Å². The fourth-order valence-corrected chi connectivity index (χ4v) is 3.42. The summed E-state index contributed by atoms with van der Waals surface area (Å²) in [6.45, 7) is 2.47. The fraction of sp³-hybridized carbons (Fsp3) is 0.381. The maximum atomic E-state index is 12.2. The molecule has 0 heterocycles. The minimum absolute atomic E-state index is 0.0950. The number of ether oxygens (including phenoxy) is 1. The second-order valence-corrected chi connectivity index (χ2v) is 6.98. The zero-order valence-corrected chi connectivity index (χ0v) is 15.3. The summed E-state index contributed by atoms with van der Waals surface area (Å²) >= 11 is 6.00. The molecule has 1 aliphatic rings. The van der Waals surface area contributed by atoms with E-state index < -0.39 is 0 Å². The Bertz CT molecular complexity index is 744. The predicted molar refractivity (Wildman–Crippen MR) is 101 cm³/mol. The highest BCUT2D eigenvalue weighted by atomic mass is 35.5. The standard InChI is InChI=1S/C21H24ClNO2/c1-15-14-17(11-12-19(15)22)25-13-5-10-21(24)23-20-9-4-7-16-6-2-3-8-18(16)20/h2-3,6,8,11-12,14,20H,4-5,7,9-10,13H2,1H3,(H,23,24)/t20-/m1/s1. The van der Waals surface area contributed by atoms with Crippen LogP contribution in [0, 0.1) is 6.92 Å². The summed E-state index contributed by atoms with van der Waals surface area (Å²) in [6, 6.07) is 14.2. The molecule has 1 atom stereocenters. The lowest BCUT2D eigenvalue weighted by molar-refractivity contribution is -0.122. The van der Waals surface area contributed by atoms with Crippen molar-refractivity contribution in [1.29, 1.82) is 0 Å². The molecular formula is C21H24ClNO2. The van der Waals surface area contributed by atoms with Crippen LogP contribution in [0.2, 0.25) is 5.02 Å². The molecule has 0 radical (unpaired) electrons. The van der Waals surface area contributed by atoms with E-state index in [2.05, 4.69) is 23.5 Å². The first kappa shape index (κ1) is 17.8. The normalized spacial score (nSPS) is 16.2. The minimum atomic E-state index is 0.0950. The smallest absolute Gasteiger partial charge is 0.220 e. The molecule has 0 saturated carbocycles. The molecule has 0 fully saturated rings. The molecule has 0 saturated heterocycles. The number of carbonyl (C=O) groups is 1. The van der Waals surface area contributed by atoms with Gasteiger partial charge in [-0.3, -0.25) is 4.79 Å². The second kappa shape index (κ2) is 8.39. The Morgan fingerprint density at radius 2 is 2.12 bits per heavy atom. The van der Waals surface area contributed by atoms with Crippen molar-refractivity contribution in [2.24, 2.45) is 0 Å². The molecule has 25 heavy (non-hydrogen) atoms. The number of nitrogens with one attached hydrogen (secondary N) is 1. The van der Waals surface area contributed by atoms with Crippen LogP contribution < -0.4 is 10.1 Å². The number of fused-ring (bicyclic) bond motifs is 1. The highest BCUT2D eigenvalue weighted by Gasteiger charge is 2.20. The predicted octanol–water partition coefficient (Wildman–Crippen LogP) is 5.00. The summed E-state index contributed by atoms with van der Waals surface area (Å²) in [4.78, 5) is 12.2. The van der Waals surface area contributed by atoms with Crippen molar-refractivity contribution in [3.63, 3.8) is 0 Å². The number of halogens is 1. The Hall–Kier alpha value is -2.00. The summed E-state index contributed by atoms with van der Waals surface area (Å²) in [6.07, 6.45) is 4.42. The van der Waals surface area contributed by atoms with E-state index in [1.807, 2.05) is 31.2 Å². The molecule has 4 heteroatoms. The monoisotopic (exact) mass is 357 g/mol. The quantitative estimate of drug-likeness (QED) is 0.739. The van der Waals surface area contributed by atoms with Crippen LogP contribution in [-0.4, -0.2) is 12.5 Å². The zero-order chi connectivity index (χ0) is 17.6. The van der Waals surface area contributed by atoms with E-state index in [-0.39, 0.29) is 11.9 Å². The molecule has 0 unspecified atom stereocenters. The molecule has 0 aliphatic heterocycles. The molecule has 0 bridgehead atoms. The first-order chi connectivity index (χ1) is 12.1. The van der Waals surface area contributed by atoms with E-state index in [0.717, 1.165) is 35.6 Å². The van der Waals surface area contributed by atoms with Crippen LogP contribution in [0.4, 0.5) is 0 Å². The van der Waals surface area contributed by atoms with Crippen molar-refractivity contribution in [1.82, 2.24) is 5.32 Å². The van der Waals surface area contributed by atoms with Gasteiger partial charge in [-0.05, 0) is 67.5 Å². The number of carbonyl (C=O) groups excluding carboxylic acids is 1. The van der Waals surface area contributed by atoms with Crippen molar-refractivity contribution >= 4 is 17.5 Å². The molecule has 2 aromatic rings. The van der Waals surface area contributed by atoms with Crippen molar-refractivity contribution in [3.8, 4) is 5.75 Å². The Morgan fingerprint density at radius 1 is 1.28 bits per heavy atom. The molecule has 1 aliphatic carbocycles. The van der Waals surface area contributed by atoms with Gasteiger partial charge in [-0.15, -0.1) is 0 Å². The van der Waals surface area contributed by atoms with Gasteiger partial charge >= 0.3 is 0 Å². The first-order valence-corrected chi connectivity index (χ1v) is 9.27. The third kappa shape index (κ3) is 4.76. The van der Waals surface area contributed by atoms with Crippen molar-refractivity contribution in [3.05, 3.63) is 64.2 Å². The number of hydrogen-bond donors (Lipinski definition) is 1. The largest absolute Gasteiger partial charge is 0.494 e. The topological polar surface area (TPSA) is 38.3 Å². The van der Waals surface area contributed by atoms with Gasteiger partial charge in [-0.2, -0.15) is 0 Å². The molecule has 3 rings (SSSR count). The van der Waals surface area contributed by atoms with Crippen molar-refractivity contribution in [2.45, 2.75) is 45.1 Å². The van der Waals surface area contributed by atoms with Gasteiger partial charge in [0.05, 0.1) is 12.6 Å². The minimum Gasteiger partial charge on any atom is -0.494 e. The van der Waals surface area contributed by atoms with Crippen molar-refractivity contribution in [2.75, 3.05) is 6.61 Å². The number of aryl methyl sites for hydroxylation is 2. The molecule has 2 aromatic carbocycles. The van der Waals surface area contributed by atoms with E-state index in [1.54, 1.807) is 0 Å². The number of rotatable bonds is 6. The Balaban J connectivity index is 1.44. The van der Waals surface area contributed by atoms with E-state index in [4.69, 9.17) is 16.3 Å². The Labute approximate surface area is 154 Å². The van der Waals surface area contributed by atoms with Crippen LogP contribution in [0.15, 0.2) is 42.5 Å². The Kier molecular flexibility index (Phi) is 5.98. The lowest BCUT2D eigenvalue weighted by atomic mass is 9.87. The molecular weight excluding hydrogens is 334 g/mol. The van der Waals surface area contributed by atoms with E-state index in [1.165, 1.54) is 11.1 Å². The van der Waals surface area contributed by atoms with Gasteiger partial charge in [0.25, 0.3) is 0 Å². The lowest BCUT2D eigenvalue weighted by Gasteiger charge is -2.26. The highest BCUT2D eigenvalue weighted by Crippen LogP contribution is 2.29. The maximum Gasteiger partial charge on any atom is 0.220 e. The third-order valence-electron chi connectivity index (χ3n) is 4.65.